The van der Waals surface area contributed by atoms with Crippen LogP contribution in [0.5, 0.6) is 0 Å². The molecule has 0 aliphatic carbocycles. The van der Waals surface area contributed by atoms with Gasteiger partial charge in [0, 0.05) is 19.0 Å². The molecule has 0 saturated carbocycles. The zero-order valence-corrected chi connectivity index (χ0v) is 50.1. The second-order valence-corrected chi connectivity index (χ2v) is 15.0. The van der Waals surface area contributed by atoms with Crippen molar-refractivity contribution in [1.29, 1.82) is 0 Å². The molecule has 1 fully saturated rings. The summed E-state index contributed by atoms with van der Waals surface area (Å²) in [6, 6.07) is -1.71. The molecule has 0 aromatic rings. The van der Waals surface area contributed by atoms with Gasteiger partial charge in [0.1, 0.15) is 12.5 Å². The number of nitrogens with one attached hydrogen (secondary N) is 5. The molecule has 1 heterocycles. The predicted molar refractivity (Wildman–Crippen MR) is 300 cm³/mol. The number of primary amides is 1. The zero-order valence-electron chi connectivity index (χ0n) is 50.1. The monoisotopic (exact) mass is 1030 g/mol. The van der Waals surface area contributed by atoms with Crippen molar-refractivity contribution in [3.63, 3.8) is 0 Å². The quantitative estimate of drug-likeness (QED) is 0.0447. The number of amides is 7. The standard InChI is InChI=1S/C19H35N7O6.C8H11NO4.6C3H8.4C2H6/c1-11(2)6-13(26-18(31)9-23-16(29)8-22-15(28)7-20)19(32)24-10-17(30)25-12(3)4-5-14(21)27;10-5-9-3-1-2-6(9)7(11)4-8(12)13;6*1-3-2;4*1-2/h11-13H,4-10,20H2,1-3H3,(H2,21,27)(H,22,28)(H,23,29)(H,24,32)(H,25,30)(H,26,31);5-6H,1-4H2,(H,12,13);6*3H2,1-2H3;4*1-2H3/t12-,13?;;;;;;;;;;;/m1.........../s1. The van der Waals surface area contributed by atoms with Gasteiger partial charge in [-0.2, -0.15) is 0 Å². The summed E-state index contributed by atoms with van der Waals surface area (Å²) < 4.78 is 0. The fourth-order valence-electron chi connectivity index (χ4n) is 4.02. The SMILES string of the molecule is CC.CC.CC.CC.CC(C)CC(NC(=O)CNC(=O)CNC(=O)CN)C(=O)NCC(=O)N[C@H](C)CCC(N)=O.CCC.CCC.CCC.CCC.CCC.CCC.O=CN1CCCC1C(=O)CC(=O)O. The average Bonchev–Trinajstić information content (AvgIpc) is 3.82. The molecule has 1 aliphatic heterocycles. The second kappa shape index (κ2) is 82.3. The van der Waals surface area contributed by atoms with Crippen LogP contribution in [0.1, 0.15) is 236 Å². The van der Waals surface area contributed by atoms with Gasteiger partial charge in [-0.1, -0.05) is 191 Å². The highest BCUT2D eigenvalue weighted by Crippen LogP contribution is 2.17. The maximum absolute atomic E-state index is 12.5. The van der Waals surface area contributed by atoms with Crippen LogP contribution >= 0.6 is 0 Å². The maximum atomic E-state index is 12.5. The van der Waals surface area contributed by atoms with Crippen molar-refractivity contribution in [1.82, 2.24) is 31.5 Å². The summed E-state index contributed by atoms with van der Waals surface area (Å²) in [5.74, 6) is -4.62. The second-order valence-electron chi connectivity index (χ2n) is 15.0. The molecule has 18 heteroatoms. The van der Waals surface area contributed by atoms with Crippen LogP contribution in [-0.2, 0) is 43.2 Å². The molecule has 18 nitrogen and oxygen atoms in total. The van der Waals surface area contributed by atoms with E-state index >= 15 is 0 Å². The molecule has 0 spiro atoms. The number of Topliss-reactive ketones (excluding diaryl/α,β-unsaturated/α-hetero) is 1. The van der Waals surface area contributed by atoms with Crippen molar-refractivity contribution in [3.8, 4) is 0 Å². The van der Waals surface area contributed by atoms with Crippen molar-refractivity contribution in [3.05, 3.63) is 0 Å². The van der Waals surface area contributed by atoms with Gasteiger partial charge in [0.25, 0.3) is 0 Å². The molecule has 1 rings (SSSR count). The minimum Gasteiger partial charge on any atom is -0.481 e. The third-order valence-electron chi connectivity index (χ3n) is 6.22. The molecule has 0 aromatic carbocycles. The fourth-order valence-corrected chi connectivity index (χ4v) is 4.02. The highest BCUT2D eigenvalue weighted by Gasteiger charge is 2.30. The first-order valence-electron chi connectivity index (χ1n) is 26.9. The van der Waals surface area contributed by atoms with Gasteiger partial charge in [-0.25, -0.2) is 0 Å². The lowest BCUT2D eigenvalue weighted by molar-refractivity contribution is -0.142. The van der Waals surface area contributed by atoms with E-state index in [0.29, 0.717) is 32.2 Å². The Labute approximate surface area is 436 Å². The normalized spacial score (nSPS) is 11.3. The van der Waals surface area contributed by atoms with Gasteiger partial charge in [-0.15, -0.1) is 0 Å². The molecule has 0 bridgehead atoms. The number of hydrogen-bond acceptors (Lipinski definition) is 10. The number of carboxylic acids is 1. The summed E-state index contributed by atoms with van der Waals surface area (Å²) in [6.07, 6.45) is 9.80. The average molecular weight is 1030 g/mol. The Morgan fingerprint density at radius 3 is 1.32 bits per heavy atom. The van der Waals surface area contributed by atoms with Crippen LogP contribution in [0.3, 0.4) is 0 Å². The molecule has 0 radical (unpaired) electrons. The zero-order chi connectivity index (χ0) is 58.8. The van der Waals surface area contributed by atoms with E-state index in [4.69, 9.17) is 16.6 Å². The van der Waals surface area contributed by atoms with E-state index in [2.05, 4.69) is 110 Å². The Hall–Kier alpha value is -4.61. The molecule has 7 amide bonds. The number of rotatable bonds is 19. The third kappa shape index (κ3) is 92.2. The number of nitrogens with two attached hydrogens (primary N) is 2. The number of carbonyl (C=O) groups is 9. The Morgan fingerprint density at radius 1 is 0.606 bits per heavy atom. The van der Waals surface area contributed by atoms with Crippen molar-refractivity contribution < 1.29 is 48.3 Å². The molecular formula is C53H118N8O10. The first kappa shape index (κ1) is 92.5. The van der Waals surface area contributed by atoms with Crippen LogP contribution in [0.4, 0.5) is 0 Å². The van der Waals surface area contributed by atoms with E-state index in [9.17, 15) is 43.2 Å². The topological polar surface area (TPSA) is 289 Å². The highest BCUT2D eigenvalue weighted by atomic mass is 16.4. The van der Waals surface area contributed by atoms with E-state index in [0.717, 1.165) is 6.42 Å². The fraction of sp³-hybridized carbons (Fsp3) is 0.830. The lowest BCUT2D eigenvalue weighted by atomic mass is 10.0. The van der Waals surface area contributed by atoms with E-state index in [1.165, 1.54) is 43.4 Å². The number of likely N-dealkylation sites (tertiary alicyclic amines) is 1. The van der Waals surface area contributed by atoms with Gasteiger partial charge in [-0.05, 0) is 38.5 Å². The van der Waals surface area contributed by atoms with Crippen molar-refractivity contribution in [2.24, 2.45) is 17.4 Å². The lowest BCUT2D eigenvalue weighted by Crippen LogP contribution is -2.52. The molecule has 2 unspecified atom stereocenters. The van der Waals surface area contributed by atoms with Crippen LogP contribution in [0.15, 0.2) is 0 Å². The van der Waals surface area contributed by atoms with Crippen LogP contribution in [0.25, 0.3) is 0 Å². The lowest BCUT2D eigenvalue weighted by Gasteiger charge is -2.20. The molecule has 430 valence electrons. The summed E-state index contributed by atoms with van der Waals surface area (Å²) in [5.41, 5.74) is 10.2. The first-order valence-corrected chi connectivity index (χ1v) is 26.9. The Balaban J connectivity index is -0.0000000836. The molecular weight excluding hydrogens is 909 g/mol. The highest BCUT2D eigenvalue weighted by molar-refractivity contribution is 5.98. The molecule has 0 aromatic heterocycles. The third-order valence-corrected chi connectivity index (χ3v) is 6.22. The number of carboxylic acid groups (broad SMARTS) is 1. The predicted octanol–water partition coefficient (Wildman–Crippen LogP) is 8.85. The smallest absolute Gasteiger partial charge is 0.310 e. The number of carbonyl (C=O) groups excluding carboxylic acids is 8. The van der Waals surface area contributed by atoms with Gasteiger partial charge in [-0.3, -0.25) is 43.2 Å². The van der Waals surface area contributed by atoms with Crippen LogP contribution in [0.2, 0.25) is 0 Å². The van der Waals surface area contributed by atoms with E-state index in [1.54, 1.807) is 6.92 Å². The molecule has 71 heavy (non-hydrogen) atoms. The summed E-state index contributed by atoms with van der Waals surface area (Å²) in [6.45, 7) is 46.2. The van der Waals surface area contributed by atoms with E-state index in [1.807, 2.05) is 69.2 Å². The first-order chi connectivity index (χ1) is 33.6. The van der Waals surface area contributed by atoms with Crippen LogP contribution in [-0.4, -0.2) is 114 Å². The van der Waals surface area contributed by atoms with Crippen molar-refractivity contribution in [2.45, 2.75) is 254 Å². The molecule has 1 saturated heterocycles. The van der Waals surface area contributed by atoms with Gasteiger partial charge < -0.3 is 48.1 Å². The van der Waals surface area contributed by atoms with Gasteiger partial charge in [0.05, 0.1) is 32.2 Å². The maximum Gasteiger partial charge on any atom is 0.310 e. The van der Waals surface area contributed by atoms with Gasteiger partial charge >= 0.3 is 5.97 Å². The summed E-state index contributed by atoms with van der Waals surface area (Å²) in [5, 5.41) is 20.6. The number of hydrogen-bond donors (Lipinski definition) is 8. The Bertz CT molecular complexity index is 1160. The van der Waals surface area contributed by atoms with E-state index < -0.39 is 66.5 Å². The van der Waals surface area contributed by atoms with Gasteiger partial charge in [0.15, 0.2) is 5.78 Å². The van der Waals surface area contributed by atoms with Crippen LogP contribution < -0.4 is 38.1 Å². The Kier molecular flexibility index (Phi) is 107. The van der Waals surface area contributed by atoms with E-state index in [-0.39, 0.29) is 43.8 Å². The number of aliphatic carboxylic acids is 1. The number of nitrogens with zero attached hydrogens (tertiary/aromatic N) is 1. The Morgan fingerprint density at radius 2 is 0.972 bits per heavy atom. The van der Waals surface area contributed by atoms with Crippen molar-refractivity contribution >= 4 is 53.6 Å². The largest absolute Gasteiger partial charge is 0.481 e. The molecule has 3 atom stereocenters. The van der Waals surface area contributed by atoms with Gasteiger partial charge in [0.2, 0.25) is 41.9 Å². The summed E-state index contributed by atoms with van der Waals surface area (Å²) >= 11 is 0. The minimum absolute atomic E-state index is 0.0646. The molecule has 1 aliphatic rings. The van der Waals surface area contributed by atoms with Crippen LogP contribution in [0, 0.1) is 5.92 Å². The van der Waals surface area contributed by atoms with Crippen molar-refractivity contribution in [2.75, 3.05) is 32.7 Å². The number of ketones is 1. The summed E-state index contributed by atoms with van der Waals surface area (Å²) in [7, 11) is 0. The molecule has 10 N–H and O–H groups in total. The summed E-state index contributed by atoms with van der Waals surface area (Å²) in [4.78, 5) is 103. The minimum atomic E-state index is -1.14.